The fourth-order valence-electron chi connectivity index (χ4n) is 2.55. The molecule has 1 N–H and O–H groups in total. The van der Waals surface area contributed by atoms with E-state index in [0.717, 1.165) is 11.2 Å². The number of amides is 1. The predicted octanol–water partition coefficient (Wildman–Crippen LogP) is 1.18. The highest BCUT2D eigenvalue weighted by atomic mass is 16.5. The van der Waals surface area contributed by atoms with E-state index in [1.807, 2.05) is 36.6 Å². The summed E-state index contributed by atoms with van der Waals surface area (Å²) in [5.74, 6) is -0.196. The van der Waals surface area contributed by atoms with E-state index in [1.165, 1.54) is 0 Å². The summed E-state index contributed by atoms with van der Waals surface area (Å²) in [5.41, 5.74) is 2.24. The highest BCUT2D eigenvalue weighted by molar-refractivity contribution is 5.93. The molecule has 0 spiro atoms. The highest BCUT2D eigenvalue weighted by Gasteiger charge is 2.30. The molecule has 1 saturated heterocycles. The van der Waals surface area contributed by atoms with Crippen LogP contribution in [-0.2, 0) is 9.47 Å². The van der Waals surface area contributed by atoms with Gasteiger partial charge in [-0.2, -0.15) is 0 Å². The zero-order valence-corrected chi connectivity index (χ0v) is 12.2. The molecule has 6 heteroatoms. The maximum atomic E-state index is 12.3. The van der Waals surface area contributed by atoms with Crippen molar-refractivity contribution in [2.24, 2.45) is 0 Å². The third-order valence-corrected chi connectivity index (χ3v) is 3.64. The van der Waals surface area contributed by atoms with Gasteiger partial charge in [0.15, 0.2) is 0 Å². The van der Waals surface area contributed by atoms with Gasteiger partial charge in [0.05, 0.1) is 19.3 Å². The van der Waals surface area contributed by atoms with Gasteiger partial charge in [0, 0.05) is 19.0 Å². The molecule has 0 radical (unpaired) electrons. The van der Waals surface area contributed by atoms with Crippen LogP contribution in [0.5, 0.6) is 0 Å². The summed E-state index contributed by atoms with van der Waals surface area (Å²) in [5, 5.41) is 2.95. The first-order chi connectivity index (χ1) is 10.2. The van der Waals surface area contributed by atoms with Crippen molar-refractivity contribution >= 4 is 11.6 Å². The van der Waals surface area contributed by atoms with Crippen LogP contribution in [-0.4, -0.2) is 47.3 Å². The van der Waals surface area contributed by atoms with Crippen LogP contribution in [0.15, 0.2) is 24.5 Å². The summed E-state index contributed by atoms with van der Waals surface area (Å²) in [6, 6.07) is 3.78. The summed E-state index contributed by atoms with van der Waals surface area (Å²) in [4.78, 5) is 16.7. The quantitative estimate of drug-likeness (QED) is 0.918. The van der Waals surface area contributed by atoms with Gasteiger partial charge in [-0.25, -0.2) is 4.98 Å². The Morgan fingerprint density at radius 2 is 2.43 bits per heavy atom. The molecule has 2 aromatic heterocycles. The Bertz CT molecular complexity index is 653. The van der Waals surface area contributed by atoms with Crippen LogP contribution in [0, 0.1) is 6.92 Å². The first-order valence-corrected chi connectivity index (χ1v) is 7.13. The first kappa shape index (κ1) is 14.0. The van der Waals surface area contributed by atoms with Crippen LogP contribution in [0.2, 0.25) is 0 Å². The second-order valence-corrected chi connectivity index (χ2v) is 5.16. The summed E-state index contributed by atoms with van der Waals surface area (Å²) in [6.45, 7) is 5.50. The number of rotatable bonds is 4. The Kier molecular flexibility index (Phi) is 3.90. The molecule has 0 saturated carbocycles. The molecule has 1 amide bonds. The van der Waals surface area contributed by atoms with E-state index in [-0.39, 0.29) is 18.1 Å². The Balaban J connectivity index is 1.76. The monoisotopic (exact) mass is 289 g/mol. The first-order valence-electron chi connectivity index (χ1n) is 7.13. The molecular formula is C15H19N3O3. The molecular weight excluding hydrogens is 270 g/mol. The third kappa shape index (κ3) is 2.77. The molecule has 1 aliphatic rings. The number of aryl methyl sites for hydroxylation is 1. The van der Waals surface area contributed by atoms with Crippen molar-refractivity contribution < 1.29 is 14.3 Å². The number of pyridine rings is 1. The Labute approximate surface area is 123 Å². The minimum Gasteiger partial charge on any atom is -0.376 e. The molecule has 1 fully saturated rings. The Hall–Kier alpha value is -1.92. The molecule has 0 unspecified atom stereocenters. The summed E-state index contributed by atoms with van der Waals surface area (Å²) in [7, 11) is 0. The molecule has 112 valence electrons. The van der Waals surface area contributed by atoms with Crippen molar-refractivity contribution in [3.8, 4) is 0 Å². The van der Waals surface area contributed by atoms with Crippen molar-refractivity contribution in [2.45, 2.75) is 26.0 Å². The van der Waals surface area contributed by atoms with E-state index in [4.69, 9.17) is 9.47 Å². The van der Waals surface area contributed by atoms with Crippen molar-refractivity contribution in [2.75, 3.05) is 19.8 Å². The molecule has 3 rings (SSSR count). The van der Waals surface area contributed by atoms with E-state index in [9.17, 15) is 4.79 Å². The molecule has 0 aromatic carbocycles. The molecule has 6 nitrogen and oxygen atoms in total. The number of hydrogen-bond acceptors (Lipinski definition) is 4. The lowest BCUT2D eigenvalue weighted by atomic mass is 10.2. The predicted molar refractivity (Wildman–Crippen MR) is 77.4 cm³/mol. The lowest BCUT2D eigenvalue weighted by Gasteiger charge is -2.18. The number of carbonyl (C=O) groups excluding carboxylic acids is 1. The van der Waals surface area contributed by atoms with Gasteiger partial charge in [0.1, 0.15) is 17.4 Å². The molecule has 3 heterocycles. The average Bonchev–Trinajstić information content (AvgIpc) is 3.07. The third-order valence-electron chi connectivity index (χ3n) is 3.64. The standard InChI is InChI=1S/C15H19N3O3/c1-3-21-13-9-20-8-12(13)17-15(19)11-7-18-6-4-5-10(2)14(18)16-11/h4-7,12-13H,3,8-9H2,1-2H3,(H,17,19)/t12-,13-/m0/s1. The van der Waals surface area contributed by atoms with Gasteiger partial charge in [0.25, 0.3) is 5.91 Å². The van der Waals surface area contributed by atoms with Gasteiger partial charge in [0.2, 0.25) is 0 Å². The second kappa shape index (κ2) is 5.83. The minimum absolute atomic E-state index is 0.0854. The maximum Gasteiger partial charge on any atom is 0.271 e. The normalized spacial score (nSPS) is 21.8. The summed E-state index contributed by atoms with van der Waals surface area (Å²) >= 11 is 0. The number of fused-ring (bicyclic) bond motifs is 1. The van der Waals surface area contributed by atoms with E-state index in [2.05, 4.69) is 10.3 Å². The minimum atomic E-state index is -0.196. The fraction of sp³-hybridized carbons (Fsp3) is 0.467. The van der Waals surface area contributed by atoms with Gasteiger partial charge in [-0.3, -0.25) is 4.79 Å². The average molecular weight is 289 g/mol. The van der Waals surface area contributed by atoms with Crippen LogP contribution in [0.25, 0.3) is 5.65 Å². The number of imidazole rings is 1. The summed E-state index contributed by atoms with van der Waals surface area (Å²) < 4.78 is 12.8. The zero-order valence-electron chi connectivity index (χ0n) is 12.2. The lowest BCUT2D eigenvalue weighted by molar-refractivity contribution is 0.0402. The summed E-state index contributed by atoms with van der Waals surface area (Å²) in [6.07, 6.45) is 3.54. The van der Waals surface area contributed by atoms with Crippen molar-refractivity contribution in [3.63, 3.8) is 0 Å². The van der Waals surface area contributed by atoms with E-state index in [0.29, 0.717) is 25.5 Å². The Morgan fingerprint density at radius 1 is 1.57 bits per heavy atom. The van der Waals surface area contributed by atoms with Crippen molar-refractivity contribution in [1.82, 2.24) is 14.7 Å². The van der Waals surface area contributed by atoms with Crippen molar-refractivity contribution in [1.29, 1.82) is 0 Å². The fourth-order valence-corrected chi connectivity index (χ4v) is 2.55. The van der Waals surface area contributed by atoms with Crippen LogP contribution in [0.4, 0.5) is 0 Å². The van der Waals surface area contributed by atoms with E-state index >= 15 is 0 Å². The number of nitrogens with zero attached hydrogens (tertiary/aromatic N) is 2. The van der Waals surface area contributed by atoms with Gasteiger partial charge in [-0.05, 0) is 25.5 Å². The zero-order chi connectivity index (χ0) is 14.8. The molecule has 2 atom stereocenters. The molecule has 2 aromatic rings. The topological polar surface area (TPSA) is 64.9 Å². The van der Waals surface area contributed by atoms with Crippen LogP contribution in [0.1, 0.15) is 23.0 Å². The highest BCUT2D eigenvalue weighted by Crippen LogP contribution is 2.13. The largest absolute Gasteiger partial charge is 0.376 e. The van der Waals surface area contributed by atoms with E-state index < -0.39 is 0 Å². The second-order valence-electron chi connectivity index (χ2n) is 5.16. The Morgan fingerprint density at radius 3 is 3.19 bits per heavy atom. The number of nitrogens with one attached hydrogen (secondary N) is 1. The van der Waals surface area contributed by atoms with Gasteiger partial charge in [-0.1, -0.05) is 6.07 Å². The number of ether oxygens (including phenoxy) is 2. The smallest absolute Gasteiger partial charge is 0.271 e. The number of carbonyl (C=O) groups is 1. The maximum absolute atomic E-state index is 12.3. The van der Waals surface area contributed by atoms with Gasteiger partial charge >= 0.3 is 0 Å². The molecule has 0 aliphatic carbocycles. The SMILES string of the molecule is CCO[C@H]1COC[C@@H]1NC(=O)c1cn2cccc(C)c2n1. The molecule has 0 bridgehead atoms. The van der Waals surface area contributed by atoms with Gasteiger partial charge in [-0.15, -0.1) is 0 Å². The van der Waals surface area contributed by atoms with Gasteiger partial charge < -0.3 is 19.2 Å². The van der Waals surface area contributed by atoms with Crippen LogP contribution >= 0.6 is 0 Å². The molecule has 21 heavy (non-hydrogen) atoms. The number of hydrogen-bond donors (Lipinski definition) is 1. The van der Waals surface area contributed by atoms with Crippen molar-refractivity contribution in [3.05, 3.63) is 35.8 Å². The number of aromatic nitrogens is 2. The van der Waals surface area contributed by atoms with E-state index in [1.54, 1.807) is 6.20 Å². The van der Waals surface area contributed by atoms with Crippen LogP contribution in [0.3, 0.4) is 0 Å². The lowest BCUT2D eigenvalue weighted by Crippen LogP contribution is -2.43. The van der Waals surface area contributed by atoms with Crippen LogP contribution < -0.4 is 5.32 Å². The molecule has 1 aliphatic heterocycles.